The summed E-state index contributed by atoms with van der Waals surface area (Å²) in [7, 11) is 0. The first-order valence-corrected chi connectivity index (χ1v) is 15.6. The molecule has 3 aliphatic rings. The van der Waals surface area contributed by atoms with E-state index in [4.69, 9.17) is 9.57 Å². The first-order valence-electron chi connectivity index (χ1n) is 14.6. The third-order valence-electron chi connectivity index (χ3n) is 8.42. The van der Waals surface area contributed by atoms with E-state index >= 15 is 0 Å². The Morgan fingerprint density at radius 2 is 1.60 bits per heavy atom. The number of tetrazole rings is 1. The molecule has 3 amide bonds. The van der Waals surface area contributed by atoms with Crippen molar-refractivity contribution < 1.29 is 33.9 Å². The van der Waals surface area contributed by atoms with Gasteiger partial charge in [-0.1, -0.05) is 103 Å². The minimum absolute atomic E-state index is 0.0675. The summed E-state index contributed by atoms with van der Waals surface area (Å²) in [6.45, 7) is -0.442. The number of aromatic nitrogens is 4. The number of nitrogens with one attached hydrogen (secondary N) is 1. The van der Waals surface area contributed by atoms with Gasteiger partial charge in [-0.2, -0.15) is 0 Å². The smallest absolute Gasteiger partial charge is 0.352 e. The normalized spacial score (nSPS) is 20.1. The molecule has 3 aromatic carbocycles. The highest BCUT2D eigenvalue weighted by atomic mass is 32.2. The monoisotopic (exact) mass is 653 g/mol. The first kappa shape index (κ1) is 30.3. The Kier molecular flexibility index (Phi) is 8.01. The number of thioether (sulfide) groups is 1. The highest BCUT2D eigenvalue weighted by Crippen LogP contribution is 2.46. The van der Waals surface area contributed by atoms with Gasteiger partial charge in [-0.05, 0) is 27.1 Å². The molecule has 0 spiro atoms. The molecular formula is C32H27N7O7S. The molecule has 1 aromatic heterocycles. The summed E-state index contributed by atoms with van der Waals surface area (Å²) >= 11 is 1.10. The number of benzene rings is 3. The lowest BCUT2D eigenvalue weighted by molar-refractivity contribution is -0.188. The van der Waals surface area contributed by atoms with Gasteiger partial charge in [0, 0.05) is 11.3 Å². The number of hydrogen-bond acceptors (Lipinski definition) is 10. The predicted molar refractivity (Wildman–Crippen MR) is 164 cm³/mol. The van der Waals surface area contributed by atoms with Gasteiger partial charge in [0.05, 0.1) is 6.04 Å². The van der Waals surface area contributed by atoms with E-state index in [0.717, 1.165) is 28.5 Å². The van der Waals surface area contributed by atoms with Crippen LogP contribution in [-0.2, 0) is 40.9 Å². The molecule has 14 nitrogen and oxygen atoms in total. The number of amides is 3. The van der Waals surface area contributed by atoms with Gasteiger partial charge in [-0.15, -0.1) is 5.10 Å². The number of carboxylic acid groups (broad SMARTS) is 1. The largest absolute Gasteiger partial charge is 0.477 e. The van der Waals surface area contributed by atoms with Crippen LogP contribution < -0.4 is 5.48 Å². The molecule has 0 bridgehead atoms. The van der Waals surface area contributed by atoms with Crippen LogP contribution in [0.1, 0.15) is 16.7 Å². The second-order valence-corrected chi connectivity index (χ2v) is 11.9. The van der Waals surface area contributed by atoms with Crippen LogP contribution in [0.3, 0.4) is 0 Å². The fraction of sp³-hybridized carbons (Fsp3) is 0.219. The number of nitrogens with zero attached hydrogens (tertiary/aromatic N) is 6. The molecule has 47 heavy (non-hydrogen) atoms. The van der Waals surface area contributed by atoms with Crippen LogP contribution in [0, 0.1) is 0 Å². The minimum atomic E-state index is -1.28. The first-order chi connectivity index (χ1) is 22.9. The van der Waals surface area contributed by atoms with E-state index in [1.807, 2.05) is 91.0 Å². The zero-order valence-electron chi connectivity index (χ0n) is 24.6. The van der Waals surface area contributed by atoms with Gasteiger partial charge in [-0.3, -0.25) is 24.1 Å². The van der Waals surface area contributed by atoms with Crippen LogP contribution in [0.5, 0.6) is 0 Å². The van der Waals surface area contributed by atoms with E-state index in [1.54, 1.807) is 0 Å². The third-order valence-corrected chi connectivity index (χ3v) is 9.42. The Bertz CT molecular complexity index is 1760. The van der Waals surface area contributed by atoms with Gasteiger partial charge in [0.15, 0.2) is 5.60 Å². The van der Waals surface area contributed by atoms with E-state index in [0.29, 0.717) is 12.0 Å². The maximum absolute atomic E-state index is 13.4. The SMILES string of the molecule is O=CN1COC2C(CSc3nnnn3CC(=O)NOC(c3ccccc3)(c3ccccc3)c3ccccc3)=C(C(=O)O)N3C(=O)[C@@H]1[C@@H]23. The zero-order chi connectivity index (χ0) is 32.5. The summed E-state index contributed by atoms with van der Waals surface area (Å²) in [5.41, 5.74) is 4.00. The summed E-state index contributed by atoms with van der Waals surface area (Å²) < 4.78 is 7.08. The summed E-state index contributed by atoms with van der Waals surface area (Å²) in [5.74, 6) is -2.22. The van der Waals surface area contributed by atoms with Crippen molar-refractivity contribution in [2.45, 2.75) is 35.5 Å². The van der Waals surface area contributed by atoms with E-state index in [2.05, 4.69) is 21.0 Å². The quantitative estimate of drug-likeness (QED) is 0.0748. The summed E-state index contributed by atoms with van der Waals surface area (Å²) in [5, 5.41) is 21.9. The molecule has 4 aromatic rings. The average Bonchev–Trinajstić information content (AvgIpc) is 3.69. The molecule has 238 valence electrons. The third kappa shape index (κ3) is 5.14. The maximum atomic E-state index is 13.4. The van der Waals surface area contributed by atoms with Crippen molar-refractivity contribution >= 4 is 36.0 Å². The van der Waals surface area contributed by atoms with E-state index < -0.39 is 41.6 Å². The van der Waals surface area contributed by atoms with Crippen molar-refractivity contribution in [3.8, 4) is 0 Å². The number of rotatable bonds is 12. The molecule has 4 heterocycles. The zero-order valence-corrected chi connectivity index (χ0v) is 25.4. The molecule has 2 fully saturated rings. The Hall–Kier alpha value is -5.38. The second kappa shape index (κ2) is 12.4. The fourth-order valence-corrected chi connectivity index (χ4v) is 7.29. The van der Waals surface area contributed by atoms with Gasteiger partial charge in [0.1, 0.15) is 31.1 Å². The van der Waals surface area contributed by atoms with Gasteiger partial charge < -0.3 is 14.7 Å². The molecule has 15 heteroatoms. The second-order valence-electron chi connectivity index (χ2n) is 11.0. The lowest BCUT2D eigenvalue weighted by atomic mass is 9.80. The van der Waals surface area contributed by atoms with Gasteiger partial charge in [0.25, 0.3) is 11.8 Å². The van der Waals surface area contributed by atoms with Crippen molar-refractivity contribution in [2.75, 3.05) is 12.5 Å². The van der Waals surface area contributed by atoms with Crippen LogP contribution in [-0.4, -0.2) is 90.0 Å². The molecular weight excluding hydrogens is 626 g/mol. The van der Waals surface area contributed by atoms with Crippen LogP contribution in [0.15, 0.2) is 107 Å². The lowest BCUT2D eigenvalue weighted by Gasteiger charge is -2.51. The molecule has 3 atom stereocenters. The summed E-state index contributed by atoms with van der Waals surface area (Å²) in [6.07, 6.45) is -0.175. The number of β-lactam (4-membered cyclic amide) rings is 1. The molecule has 7 rings (SSSR count). The number of aliphatic carboxylic acids is 1. The van der Waals surface area contributed by atoms with Crippen molar-refractivity contribution in [3.63, 3.8) is 0 Å². The molecule has 0 saturated carbocycles. The molecule has 0 radical (unpaired) electrons. The number of carbonyl (C=O) groups is 4. The molecule has 3 aliphatic heterocycles. The van der Waals surface area contributed by atoms with Crippen molar-refractivity contribution in [1.29, 1.82) is 0 Å². The van der Waals surface area contributed by atoms with Crippen LogP contribution >= 0.6 is 11.8 Å². The number of carbonyl (C=O) groups excluding carboxylic acids is 3. The van der Waals surface area contributed by atoms with E-state index in [1.165, 1.54) is 14.5 Å². The molecule has 2 saturated heterocycles. The van der Waals surface area contributed by atoms with Crippen LogP contribution in [0.4, 0.5) is 0 Å². The van der Waals surface area contributed by atoms with Crippen molar-refractivity contribution in [1.82, 2.24) is 35.5 Å². The Labute approximate surface area is 271 Å². The number of carboxylic acids is 1. The molecule has 2 N–H and O–H groups in total. The van der Waals surface area contributed by atoms with E-state index in [9.17, 15) is 24.3 Å². The van der Waals surface area contributed by atoms with Crippen molar-refractivity contribution in [3.05, 3.63) is 119 Å². The van der Waals surface area contributed by atoms with Crippen molar-refractivity contribution in [2.24, 2.45) is 0 Å². The van der Waals surface area contributed by atoms with Crippen LogP contribution in [0.2, 0.25) is 0 Å². The Morgan fingerprint density at radius 3 is 2.15 bits per heavy atom. The predicted octanol–water partition coefficient (Wildman–Crippen LogP) is 1.55. The maximum Gasteiger partial charge on any atom is 0.352 e. The highest BCUT2D eigenvalue weighted by molar-refractivity contribution is 7.99. The fourth-order valence-electron chi connectivity index (χ4n) is 6.36. The lowest BCUT2D eigenvalue weighted by Crippen LogP contribution is -2.74. The van der Waals surface area contributed by atoms with Gasteiger partial charge in [-0.25, -0.2) is 15.0 Å². The number of hydroxylamine groups is 1. The van der Waals surface area contributed by atoms with Crippen LogP contribution in [0.25, 0.3) is 0 Å². The topological polar surface area (TPSA) is 169 Å². The van der Waals surface area contributed by atoms with Gasteiger partial charge in [0.2, 0.25) is 11.6 Å². The highest BCUT2D eigenvalue weighted by Gasteiger charge is 2.64. The molecule has 0 aliphatic carbocycles. The average molecular weight is 654 g/mol. The Balaban J connectivity index is 1.10. The number of hydrogen-bond donors (Lipinski definition) is 2. The Morgan fingerprint density at radius 1 is 1.00 bits per heavy atom. The van der Waals surface area contributed by atoms with Gasteiger partial charge >= 0.3 is 5.97 Å². The molecule has 1 unspecified atom stereocenters. The standard InChI is InChI=1S/C32H27N7O7S/c40-18-37-19-45-28-23(25(30(43)44)39-26(28)27(37)29(39)42)17-47-31-33-35-36-38(31)16-24(41)34-46-32(20-10-4-1-5-11-20,21-12-6-2-7-13-21)22-14-8-3-9-15-22/h1-15,18,26-28H,16-17,19H2,(H,34,41)(H,43,44)/t26-,27-,28?/m0/s1. The summed E-state index contributed by atoms with van der Waals surface area (Å²) in [4.78, 5) is 58.6. The summed E-state index contributed by atoms with van der Waals surface area (Å²) in [6, 6.07) is 27.3. The minimum Gasteiger partial charge on any atom is -0.477 e. The van der Waals surface area contributed by atoms with E-state index in [-0.39, 0.29) is 29.9 Å². The number of ether oxygens (including phenoxy) is 1.